The lowest BCUT2D eigenvalue weighted by molar-refractivity contribution is -0.179. The van der Waals surface area contributed by atoms with Crippen molar-refractivity contribution in [2.24, 2.45) is 40.4 Å². The van der Waals surface area contributed by atoms with Gasteiger partial charge in [0.05, 0.1) is 17.8 Å². The molecule has 0 aromatic carbocycles. The summed E-state index contributed by atoms with van der Waals surface area (Å²) in [5.41, 5.74) is -0.158. The van der Waals surface area contributed by atoms with Gasteiger partial charge in [0.15, 0.2) is 0 Å². The summed E-state index contributed by atoms with van der Waals surface area (Å²) < 4.78 is 0. The number of rotatable bonds is 6. The highest BCUT2D eigenvalue weighted by atomic mass is 16.3. The van der Waals surface area contributed by atoms with Gasteiger partial charge in [0.2, 0.25) is 0 Å². The van der Waals surface area contributed by atoms with Gasteiger partial charge in [0.25, 0.3) is 0 Å². The topological polar surface area (TPSA) is 60.7 Å². The van der Waals surface area contributed by atoms with Gasteiger partial charge in [0.1, 0.15) is 0 Å². The first kappa shape index (κ1) is 23.1. The Morgan fingerprint density at radius 3 is 2.27 bits per heavy atom. The molecule has 3 nitrogen and oxygen atoms in total. The second-order valence-electron chi connectivity index (χ2n) is 12.6. The van der Waals surface area contributed by atoms with Gasteiger partial charge in [-0.1, -0.05) is 46.5 Å². The zero-order valence-corrected chi connectivity index (χ0v) is 20.1. The molecule has 3 heteroatoms. The second kappa shape index (κ2) is 8.34. The Morgan fingerprint density at radius 2 is 1.53 bits per heavy atom. The van der Waals surface area contributed by atoms with Gasteiger partial charge in [-0.05, 0) is 105 Å². The number of hydrogen-bond acceptors (Lipinski definition) is 3. The molecule has 0 amide bonds. The Hall–Kier alpha value is -0.120. The molecule has 0 aromatic rings. The number of aliphatic hydroxyl groups excluding tert-OH is 2. The van der Waals surface area contributed by atoms with E-state index < -0.39 is 5.60 Å². The zero-order valence-electron chi connectivity index (χ0n) is 20.1. The lowest BCUT2D eigenvalue weighted by Gasteiger charge is -2.62. The van der Waals surface area contributed by atoms with Gasteiger partial charge in [-0.3, -0.25) is 0 Å². The summed E-state index contributed by atoms with van der Waals surface area (Å²) in [5, 5.41) is 33.0. The highest BCUT2D eigenvalue weighted by molar-refractivity contribution is 5.13. The third kappa shape index (κ3) is 3.69. The van der Waals surface area contributed by atoms with Crippen molar-refractivity contribution in [2.75, 3.05) is 0 Å². The predicted molar refractivity (Wildman–Crippen MR) is 122 cm³/mol. The van der Waals surface area contributed by atoms with Gasteiger partial charge in [-0.2, -0.15) is 0 Å². The van der Waals surface area contributed by atoms with Crippen LogP contribution in [0.5, 0.6) is 0 Å². The van der Waals surface area contributed by atoms with E-state index in [1.54, 1.807) is 0 Å². The van der Waals surface area contributed by atoms with E-state index in [-0.39, 0.29) is 29.0 Å². The van der Waals surface area contributed by atoms with Crippen molar-refractivity contribution in [3.8, 4) is 0 Å². The van der Waals surface area contributed by atoms with Crippen LogP contribution in [0.2, 0.25) is 0 Å². The Labute approximate surface area is 185 Å². The fraction of sp³-hybridized carbons (Fsp3) is 1.00. The number of aliphatic hydroxyl groups is 3. The van der Waals surface area contributed by atoms with E-state index in [1.165, 1.54) is 38.5 Å². The summed E-state index contributed by atoms with van der Waals surface area (Å²) in [5.74, 6) is 2.59. The van der Waals surface area contributed by atoms with Gasteiger partial charge in [-0.25, -0.2) is 0 Å². The summed E-state index contributed by atoms with van der Waals surface area (Å²) in [6.07, 6.45) is 13.9. The fourth-order valence-corrected chi connectivity index (χ4v) is 9.38. The smallest absolute Gasteiger partial charge is 0.0653 e. The van der Waals surface area contributed by atoms with Crippen LogP contribution < -0.4 is 0 Å². The second-order valence-corrected chi connectivity index (χ2v) is 12.6. The van der Waals surface area contributed by atoms with Crippen molar-refractivity contribution >= 4 is 0 Å². The molecule has 5 unspecified atom stereocenters. The molecule has 10 atom stereocenters. The third-order valence-corrected chi connectivity index (χ3v) is 10.9. The highest BCUT2D eigenvalue weighted by Gasteiger charge is 2.63. The Bertz CT molecular complexity index is 603. The Balaban J connectivity index is 1.52. The van der Waals surface area contributed by atoms with Crippen molar-refractivity contribution in [3.05, 3.63) is 0 Å². The van der Waals surface area contributed by atoms with Crippen molar-refractivity contribution in [1.29, 1.82) is 0 Å². The van der Waals surface area contributed by atoms with Crippen molar-refractivity contribution in [3.63, 3.8) is 0 Å². The number of fused-ring (bicyclic) bond motifs is 5. The molecule has 0 spiro atoms. The molecule has 30 heavy (non-hydrogen) atoms. The largest absolute Gasteiger partial charge is 0.393 e. The van der Waals surface area contributed by atoms with E-state index >= 15 is 0 Å². The summed E-state index contributed by atoms with van der Waals surface area (Å²) in [4.78, 5) is 0. The first-order valence-electron chi connectivity index (χ1n) is 13.2. The lowest BCUT2D eigenvalue weighted by atomic mass is 9.43. The predicted octanol–water partition coefficient (Wildman–Crippen LogP) is 5.70. The van der Waals surface area contributed by atoms with Crippen LogP contribution >= 0.6 is 0 Å². The van der Waals surface area contributed by atoms with E-state index in [4.69, 9.17) is 0 Å². The molecule has 4 aliphatic rings. The van der Waals surface area contributed by atoms with E-state index in [1.807, 2.05) is 0 Å². The molecule has 3 N–H and O–H groups in total. The number of hydrogen-bond donors (Lipinski definition) is 3. The molecule has 0 radical (unpaired) electrons. The Morgan fingerprint density at radius 1 is 0.833 bits per heavy atom. The fourth-order valence-electron chi connectivity index (χ4n) is 9.38. The zero-order chi connectivity index (χ0) is 21.7. The van der Waals surface area contributed by atoms with Crippen LogP contribution in [0.15, 0.2) is 0 Å². The van der Waals surface area contributed by atoms with Crippen LogP contribution in [0.4, 0.5) is 0 Å². The van der Waals surface area contributed by atoms with Crippen molar-refractivity contribution < 1.29 is 15.3 Å². The van der Waals surface area contributed by atoms with Crippen LogP contribution in [0.3, 0.4) is 0 Å². The van der Waals surface area contributed by atoms with Crippen LogP contribution in [0.1, 0.15) is 111 Å². The maximum absolute atomic E-state index is 11.6. The van der Waals surface area contributed by atoms with Gasteiger partial charge in [-0.15, -0.1) is 0 Å². The van der Waals surface area contributed by atoms with E-state index in [0.717, 1.165) is 44.9 Å². The average molecular weight is 421 g/mol. The van der Waals surface area contributed by atoms with Crippen LogP contribution in [-0.2, 0) is 0 Å². The van der Waals surface area contributed by atoms with Gasteiger partial charge < -0.3 is 15.3 Å². The minimum atomic E-state index is -0.557. The summed E-state index contributed by atoms with van der Waals surface area (Å²) in [7, 11) is 0. The van der Waals surface area contributed by atoms with E-state index in [9.17, 15) is 15.3 Å². The first-order valence-corrected chi connectivity index (χ1v) is 13.2. The quantitative estimate of drug-likeness (QED) is 0.483. The molecule has 4 saturated carbocycles. The molecule has 174 valence electrons. The molecule has 4 rings (SSSR count). The third-order valence-electron chi connectivity index (χ3n) is 10.9. The Kier molecular flexibility index (Phi) is 6.41. The van der Waals surface area contributed by atoms with Gasteiger partial charge >= 0.3 is 0 Å². The molecular formula is C27H48O3. The molecular weight excluding hydrogens is 372 g/mol. The van der Waals surface area contributed by atoms with Crippen molar-refractivity contribution in [2.45, 2.75) is 129 Å². The normalized spacial score (nSPS) is 50.3. The minimum absolute atomic E-state index is 0.184. The van der Waals surface area contributed by atoms with Crippen LogP contribution in [-0.4, -0.2) is 33.1 Å². The average Bonchev–Trinajstić information content (AvgIpc) is 3.05. The molecule has 0 saturated heterocycles. The monoisotopic (exact) mass is 420 g/mol. The first-order chi connectivity index (χ1) is 14.1. The van der Waals surface area contributed by atoms with E-state index in [2.05, 4.69) is 27.7 Å². The van der Waals surface area contributed by atoms with E-state index in [0.29, 0.717) is 23.7 Å². The minimum Gasteiger partial charge on any atom is -0.393 e. The van der Waals surface area contributed by atoms with Gasteiger partial charge in [0, 0.05) is 0 Å². The maximum atomic E-state index is 11.6. The van der Waals surface area contributed by atoms with Crippen molar-refractivity contribution in [1.82, 2.24) is 0 Å². The molecule has 4 aliphatic carbocycles. The summed E-state index contributed by atoms with van der Waals surface area (Å²) in [6, 6.07) is 0. The summed E-state index contributed by atoms with van der Waals surface area (Å²) >= 11 is 0. The maximum Gasteiger partial charge on any atom is 0.0653 e. The standard InChI is InChI=1S/C27H48O3/c1-5-6-7-8-13-27(4,30)24-10-9-20-19-17-23(29)22-16-18(28)11-14-25(22,2)21(19)12-15-26(20,24)3/h18-24,28-30H,5-17H2,1-4H3/t18-,19?,20?,21?,22+,23-,24?,25+,26-,27?/m0/s1. The molecule has 0 aromatic heterocycles. The summed E-state index contributed by atoms with van der Waals surface area (Å²) in [6.45, 7) is 9.29. The van der Waals surface area contributed by atoms with Crippen LogP contribution in [0, 0.1) is 40.4 Å². The lowest BCUT2D eigenvalue weighted by Crippen LogP contribution is -2.59. The number of unbranched alkanes of at least 4 members (excludes halogenated alkanes) is 3. The van der Waals surface area contributed by atoms with Crippen LogP contribution in [0.25, 0.3) is 0 Å². The molecule has 0 aliphatic heterocycles. The molecule has 0 bridgehead atoms. The highest BCUT2D eigenvalue weighted by Crippen LogP contribution is 2.68. The molecule has 0 heterocycles. The molecule has 4 fully saturated rings. The SMILES string of the molecule is CCCCCCC(C)(O)C1CCC2C3C[C@H](O)[C@H]4C[C@@H](O)CC[C@]4(C)C3CC[C@@]21C.